The van der Waals surface area contributed by atoms with E-state index in [4.69, 9.17) is 9.47 Å². The van der Waals surface area contributed by atoms with Crippen LogP contribution in [0.1, 0.15) is 21.5 Å². The summed E-state index contributed by atoms with van der Waals surface area (Å²) < 4.78 is 24.5. The number of ether oxygens (including phenoxy) is 2. The minimum absolute atomic E-state index is 0.0716. The van der Waals surface area contributed by atoms with E-state index in [0.717, 1.165) is 0 Å². The fourth-order valence-corrected chi connectivity index (χ4v) is 4.17. The number of hydrogen-bond donors (Lipinski definition) is 0. The standard InChI is InChI=1S/C26H21FN2O4S/c1-29-24(30)23(34-26(29)28-20-13-11-17(12-14-20)25(31)32-2)15-18-7-4-6-10-22(18)33-16-19-8-3-5-9-21(19)27/h3-15H,16H2,1-2H3/b23-15-,28-26?. The van der Waals surface area contributed by atoms with Crippen molar-refractivity contribution in [3.05, 3.63) is 100 Å². The van der Waals surface area contributed by atoms with Crippen molar-refractivity contribution in [1.29, 1.82) is 0 Å². The Labute approximate surface area is 200 Å². The van der Waals surface area contributed by atoms with Gasteiger partial charge in [-0.15, -0.1) is 0 Å². The second kappa shape index (κ2) is 10.4. The van der Waals surface area contributed by atoms with Gasteiger partial charge in [-0.2, -0.15) is 0 Å². The highest BCUT2D eigenvalue weighted by atomic mass is 32.2. The van der Waals surface area contributed by atoms with Gasteiger partial charge in [0.15, 0.2) is 5.17 Å². The highest BCUT2D eigenvalue weighted by Crippen LogP contribution is 2.35. The Kier molecular flexibility index (Phi) is 7.08. The van der Waals surface area contributed by atoms with Crippen LogP contribution in [0.3, 0.4) is 0 Å². The van der Waals surface area contributed by atoms with Gasteiger partial charge >= 0.3 is 5.97 Å². The molecular weight excluding hydrogens is 455 g/mol. The molecule has 1 aliphatic heterocycles. The lowest BCUT2D eigenvalue weighted by Crippen LogP contribution is -2.23. The zero-order valence-corrected chi connectivity index (χ0v) is 19.3. The molecule has 3 aromatic rings. The molecule has 0 spiro atoms. The molecule has 1 saturated heterocycles. The molecule has 1 fully saturated rings. The van der Waals surface area contributed by atoms with E-state index >= 15 is 0 Å². The van der Waals surface area contributed by atoms with E-state index in [2.05, 4.69) is 4.99 Å². The first-order valence-electron chi connectivity index (χ1n) is 10.4. The van der Waals surface area contributed by atoms with Crippen molar-refractivity contribution in [2.24, 2.45) is 4.99 Å². The second-order valence-corrected chi connectivity index (χ2v) is 8.33. The average Bonchev–Trinajstić information content (AvgIpc) is 3.12. The number of para-hydroxylation sites is 1. The molecule has 1 amide bonds. The lowest BCUT2D eigenvalue weighted by molar-refractivity contribution is -0.121. The predicted octanol–water partition coefficient (Wildman–Crippen LogP) is 5.43. The highest BCUT2D eigenvalue weighted by molar-refractivity contribution is 8.18. The second-order valence-electron chi connectivity index (χ2n) is 7.33. The number of likely N-dealkylation sites (N-methyl/N-ethyl adjacent to an activating group) is 1. The molecule has 4 rings (SSSR count). The summed E-state index contributed by atoms with van der Waals surface area (Å²) in [5, 5.41) is 0.506. The van der Waals surface area contributed by atoms with Crippen molar-refractivity contribution in [3.8, 4) is 5.75 Å². The molecule has 0 unspecified atom stereocenters. The SMILES string of the molecule is COC(=O)c1ccc(N=C2S/C(=C\c3ccccc3OCc3ccccc3F)C(=O)N2C)cc1. The van der Waals surface area contributed by atoms with Gasteiger partial charge in [0.2, 0.25) is 0 Å². The fourth-order valence-electron chi connectivity index (χ4n) is 3.20. The van der Waals surface area contributed by atoms with E-state index in [1.54, 1.807) is 61.7 Å². The molecule has 0 aliphatic carbocycles. The largest absolute Gasteiger partial charge is 0.488 e. The van der Waals surface area contributed by atoms with Gasteiger partial charge in [-0.05, 0) is 54.2 Å². The summed E-state index contributed by atoms with van der Waals surface area (Å²) in [4.78, 5) is 30.9. The van der Waals surface area contributed by atoms with Crippen molar-refractivity contribution >= 4 is 40.6 Å². The minimum Gasteiger partial charge on any atom is -0.488 e. The van der Waals surface area contributed by atoms with Gasteiger partial charge in [0, 0.05) is 18.2 Å². The topological polar surface area (TPSA) is 68.2 Å². The monoisotopic (exact) mass is 476 g/mol. The average molecular weight is 477 g/mol. The normalized spacial score (nSPS) is 15.7. The molecule has 0 bridgehead atoms. The van der Waals surface area contributed by atoms with Crippen LogP contribution in [0.5, 0.6) is 5.75 Å². The number of hydrogen-bond acceptors (Lipinski definition) is 6. The van der Waals surface area contributed by atoms with Crippen LogP contribution in [-0.4, -0.2) is 36.1 Å². The van der Waals surface area contributed by atoms with Crippen molar-refractivity contribution in [2.75, 3.05) is 14.2 Å². The number of aliphatic imine (C=N–C) groups is 1. The molecule has 0 aromatic heterocycles. The molecule has 0 N–H and O–H groups in total. The zero-order valence-electron chi connectivity index (χ0n) is 18.5. The summed E-state index contributed by atoms with van der Waals surface area (Å²) in [6.07, 6.45) is 1.74. The lowest BCUT2D eigenvalue weighted by Gasteiger charge is -2.10. The van der Waals surface area contributed by atoms with Crippen LogP contribution in [-0.2, 0) is 16.1 Å². The van der Waals surface area contributed by atoms with Gasteiger partial charge in [0.05, 0.1) is 23.3 Å². The Balaban J connectivity index is 1.54. The first-order chi connectivity index (χ1) is 16.5. The number of carbonyl (C=O) groups is 2. The third kappa shape index (κ3) is 5.18. The Hall–Kier alpha value is -3.91. The summed E-state index contributed by atoms with van der Waals surface area (Å²) in [7, 11) is 2.97. The number of amides is 1. The summed E-state index contributed by atoms with van der Waals surface area (Å²) in [6.45, 7) is 0.0716. The summed E-state index contributed by atoms with van der Waals surface area (Å²) in [5.74, 6) is -0.415. The first-order valence-corrected chi connectivity index (χ1v) is 11.2. The zero-order chi connectivity index (χ0) is 24.1. The van der Waals surface area contributed by atoms with E-state index in [1.807, 2.05) is 18.2 Å². The number of methoxy groups -OCH3 is 1. The van der Waals surface area contributed by atoms with Gasteiger partial charge in [-0.3, -0.25) is 9.69 Å². The maximum Gasteiger partial charge on any atom is 0.337 e. The van der Waals surface area contributed by atoms with Gasteiger partial charge in [-0.1, -0.05) is 36.4 Å². The van der Waals surface area contributed by atoms with Crippen molar-refractivity contribution < 1.29 is 23.5 Å². The molecule has 6 nitrogen and oxygen atoms in total. The van der Waals surface area contributed by atoms with Crippen LogP contribution in [0.15, 0.2) is 82.7 Å². The van der Waals surface area contributed by atoms with E-state index < -0.39 is 5.97 Å². The Morgan fingerprint density at radius 2 is 1.76 bits per heavy atom. The Bertz CT molecular complexity index is 1290. The maximum atomic E-state index is 13.9. The molecule has 1 heterocycles. The van der Waals surface area contributed by atoms with Crippen LogP contribution in [0.4, 0.5) is 10.1 Å². The third-order valence-corrected chi connectivity index (χ3v) is 6.12. The first kappa shape index (κ1) is 23.3. The van der Waals surface area contributed by atoms with Crippen LogP contribution < -0.4 is 4.74 Å². The quantitative estimate of drug-likeness (QED) is 0.351. The number of benzene rings is 3. The Morgan fingerprint density at radius 1 is 1.06 bits per heavy atom. The molecular formula is C26H21FN2O4S. The van der Waals surface area contributed by atoms with Crippen molar-refractivity contribution in [2.45, 2.75) is 6.61 Å². The molecule has 0 saturated carbocycles. The van der Waals surface area contributed by atoms with Gasteiger partial charge in [0.25, 0.3) is 5.91 Å². The minimum atomic E-state index is -0.428. The number of halogens is 1. The van der Waals surface area contributed by atoms with Crippen LogP contribution in [0, 0.1) is 5.82 Å². The van der Waals surface area contributed by atoms with Crippen molar-refractivity contribution in [3.63, 3.8) is 0 Å². The number of esters is 1. The number of nitrogens with zero attached hydrogens (tertiary/aromatic N) is 2. The number of rotatable bonds is 6. The third-order valence-electron chi connectivity index (χ3n) is 5.06. The van der Waals surface area contributed by atoms with E-state index in [-0.39, 0.29) is 18.3 Å². The van der Waals surface area contributed by atoms with Crippen LogP contribution in [0.25, 0.3) is 6.08 Å². The number of amidine groups is 1. The molecule has 172 valence electrons. The smallest absolute Gasteiger partial charge is 0.337 e. The molecule has 34 heavy (non-hydrogen) atoms. The molecule has 8 heteroatoms. The van der Waals surface area contributed by atoms with Crippen LogP contribution in [0.2, 0.25) is 0 Å². The predicted molar refractivity (Wildman–Crippen MR) is 130 cm³/mol. The van der Waals surface area contributed by atoms with E-state index in [0.29, 0.717) is 38.2 Å². The summed E-state index contributed by atoms with van der Waals surface area (Å²) in [5.41, 5.74) is 2.17. The molecule has 0 atom stereocenters. The molecule has 1 aliphatic rings. The number of carbonyl (C=O) groups excluding carboxylic acids is 2. The number of thioether (sulfide) groups is 1. The fraction of sp³-hybridized carbons (Fsp3) is 0.115. The highest BCUT2D eigenvalue weighted by Gasteiger charge is 2.30. The summed E-state index contributed by atoms with van der Waals surface area (Å²) in [6, 6.07) is 20.3. The summed E-state index contributed by atoms with van der Waals surface area (Å²) >= 11 is 1.24. The van der Waals surface area contributed by atoms with E-state index in [9.17, 15) is 14.0 Å². The van der Waals surface area contributed by atoms with E-state index in [1.165, 1.54) is 29.8 Å². The van der Waals surface area contributed by atoms with Crippen molar-refractivity contribution in [1.82, 2.24) is 4.90 Å². The van der Waals surface area contributed by atoms with Gasteiger partial charge in [0.1, 0.15) is 18.2 Å². The maximum absolute atomic E-state index is 13.9. The van der Waals surface area contributed by atoms with Gasteiger partial charge < -0.3 is 9.47 Å². The van der Waals surface area contributed by atoms with Gasteiger partial charge in [-0.25, -0.2) is 14.2 Å². The van der Waals surface area contributed by atoms with Crippen LogP contribution >= 0.6 is 11.8 Å². The molecule has 3 aromatic carbocycles. The molecule has 0 radical (unpaired) electrons. The lowest BCUT2D eigenvalue weighted by atomic mass is 10.1. The Morgan fingerprint density at radius 3 is 2.50 bits per heavy atom.